The number of hydrogen-bond donors (Lipinski definition) is 1. The van der Waals surface area contributed by atoms with Crippen molar-refractivity contribution in [2.45, 2.75) is 46.6 Å². The van der Waals surface area contributed by atoms with Gasteiger partial charge in [0.1, 0.15) is 5.82 Å². The highest BCUT2D eigenvalue weighted by atomic mass is 19.1. The van der Waals surface area contributed by atoms with Crippen molar-refractivity contribution in [1.82, 2.24) is 5.32 Å². The van der Waals surface area contributed by atoms with E-state index in [9.17, 15) is 4.39 Å². The normalized spacial score (nSPS) is 11.1. The Bertz CT molecular complexity index is 391. The van der Waals surface area contributed by atoms with Crippen LogP contribution in [0.3, 0.4) is 0 Å². The summed E-state index contributed by atoms with van der Waals surface area (Å²) in [4.78, 5) is 2.24. The van der Waals surface area contributed by atoms with Gasteiger partial charge in [-0.05, 0) is 42.6 Å². The minimum absolute atomic E-state index is 0.156. The number of benzene rings is 1. The maximum absolute atomic E-state index is 13.5. The van der Waals surface area contributed by atoms with E-state index in [4.69, 9.17) is 0 Å². The van der Waals surface area contributed by atoms with Crippen molar-refractivity contribution in [3.8, 4) is 0 Å². The Morgan fingerprint density at radius 2 is 2.00 bits per heavy atom. The third-order valence-electron chi connectivity index (χ3n) is 3.42. The molecule has 0 aromatic heterocycles. The molecule has 0 saturated heterocycles. The zero-order valence-corrected chi connectivity index (χ0v) is 13.4. The highest BCUT2D eigenvalue weighted by molar-refractivity contribution is 5.53. The second-order valence-electron chi connectivity index (χ2n) is 5.93. The number of halogens is 1. The van der Waals surface area contributed by atoms with Crippen LogP contribution >= 0.6 is 0 Å². The number of hydrogen-bond acceptors (Lipinski definition) is 2. The lowest BCUT2D eigenvalue weighted by atomic mass is 10.1. The molecule has 20 heavy (non-hydrogen) atoms. The van der Waals surface area contributed by atoms with Crippen molar-refractivity contribution in [2.24, 2.45) is 5.92 Å². The number of unbranched alkanes of at least 4 members (excludes halogenated alkanes) is 2. The van der Waals surface area contributed by atoms with Gasteiger partial charge in [0.15, 0.2) is 0 Å². The second-order valence-corrected chi connectivity index (χ2v) is 5.93. The van der Waals surface area contributed by atoms with Crippen molar-refractivity contribution in [1.29, 1.82) is 0 Å². The molecule has 1 aromatic rings. The molecule has 1 N–H and O–H groups in total. The molecule has 0 amide bonds. The first kappa shape index (κ1) is 17.0. The quantitative estimate of drug-likeness (QED) is 0.682. The molecular formula is C17H29FN2. The van der Waals surface area contributed by atoms with Gasteiger partial charge in [-0.25, -0.2) is 4.39 Å². The van der Waals surface area contributed by atoms with Crippen molar-refractivity contribution in [3.05, 3.63) is 29.6 Å². The van der Waals surface area contributed by atoms with Gasteiger partial charge >= 0.3 is 0 Å². The summed E-state index contributed by atoms with van der Waals surface area (Å²) in [6.07, 6.45) is 3.65. The van der Waals surface area contributed by atoms with Gasteiger partial charge < -0.3 is 10.2 Å². The fourth-order valence-electron chi connectivity index (χ4n) is 2.28. The first-order chi connectivity index (χ1) is 9.54. The number of anilines is 1. The minimum atomic E-state index is -0.156. The number of nitrogens with one attached hydrogen (secondary N) is 1. The lowest BCUT2D eigenvalue weighted by Gasteiger charge is -2.23. The zero-order valence-electron chi connectivity index (χ0n) is 13.4. The van der Waals surface area contributed by atoms with Gasteiger partial charge in [0.05, 0.1) is 0 Å². The molecule has 0 aliphatic heterocycles. The highest BCUT2D eigenvalue weighted by Crippen LogP contribution is 2.21. The van der Waals surface area contributed by atoms with E-state index in [2.05, 4.69) is 38.0 Å². The lowest BCUT2D eigenvalue weighted by molar-refractivity contribution is 0.549. The molecule has 1 aromatic carbocycles. The average molecular weight is 280 g/mol. The summed E-state index contributed by atoms with van der Waals surface area (Å²) in [6, 6.07) is 5.10. The molecule has 1 rings (SSSR count). The summed E-state index contributed by atoms with van der Waals surface area (Å²) >= 11 is 0. The molecule has 0 radical (unpaired) electrons. The van der Waals surface area contributed by atoms with Gasteiger partial charge in [0.2, 0.25) is 0 Å². The summed E-state index contributed by atoms with van der Waals surface area (Å²) in [6.45, 7) is 9.27. The highest BCUT2D eigenvalue weighted by Gasteiger charge is 2.08. The van der Waals surface area contributed by atoms with Gasteiger partial charge in [0, 0.05) is 25.8 Å². The molecule has 3 heteroatoms. The Morgan fingerprint density at radius 1 is 1.25 bits per heavy atom. The zero-order chi connectivity index (χ0) is 15.0. The fraction of sp³-hybridized carbons (Fsp3) is 0.647. The molecule has 2 nitrogen and oxygen atoms in total. The summed E-state index contributed by atoms with van der Waals surface area (Å²) in [5, 5.41) is 3.40. The van der Waals surface area contributed by atoms with E-state index in [1.807, 2.05) is 6.07 Å². The maximum Gasteiger partial charge on any atom is 0.123 e. The first-order valence-electron chi connectivity index (χ1n) is 7.74. The molecule has 0 spiro atoms. The van der Waals surface area contributed by atoms with E-state index in [-0.39, 0.29) is 5.82 Å². The lowest BCUT2D eigenvalue weighted by Crippen LogP contribution is -2.24. The van der Waals surface area contributed by atoms with Crippen LogP contribution in [0, 0.1) is 11.7 Å². The standard InChI is InChI=1S/C17H29FN2/c1-5-6-7-10-20(4)17-9-8-16(18)11-15(17)13-19-12-14(2)3/h8-9,11,14,19H,5-7,10,12-13H2,1-4H3. The second kappa shape index (κ2) is 8.96. The molecule has 0 heterocycles. The van der Waals surface area contributed by atoms with Crippen molar-refractivity contribution >= 4 is 5.69 Å². The van der Waals surface area contributed by atoms with E-state index in [1.54, 1.807) is 12.1 Å². The van der Waals surface area contributed by atoms with Gasteiger partial charge in [-0.1, -0.05) is 33.6 Å². The van der Waals surface area contributed by atoms with Gasteiger partial charge in [-0.15, -0.1) is 0 Å². The fourth-order valence-corrected chi connectivity index (χ4v) is 2.28. The third kappa shape index (κ3) is 5.91. The summed E-state index contributed by atoms with van der Waals surface area (Å²) in [7, 11) is 2.09. The molecular weight excluding hydrogens is 251 g/mol. The van der Waals surface area contributed by atoms with E-state index in [0.29, 0.717) is 5.92 Å². The molecule has 0 bridgehead atoms. The largest absolute Gasteiger partial charge is 0.374 e. The van der Waals surface area contributed by atoms with Gasteiger partial charge in [-0.2, -0.15) is 0 Å². The Labute approximate surface area is 123 Å². The molecule has 0 atom stereocenters. The van der Waals surface area contributed by atoms with Gasteiger partial charge in [-0.3, -0.25) is 0 Å². The summed E-state index contributed by atoms with van der Waals surface area (Å²) < 4.78 is 13.5. The molecule has 0 unspecified atom stereocenters. The minimum Gasteiger partial charge on any atom is -0.374 e. The topological polar surface area (TPSA) is 15.3 Å². The van der Waals surface area contributed by atoms with Crippen LogP contribution < -0.4 is 10.2 Å². The van der Waals surface area contributed by atoms with Crippen LogP contribution in [0.2, 0.25) is 0 Å². The monoisotopic (exact) mass is 280 g/mol. The smallest absolute Gasteiger partial charge is 0.123 e. The van der Waals surface area contributed by atoms with Crippen LogP contribution in [0.5, 0.6) is 0 Å². The predicted octanol–water partition coefficient (Wildman–Crippen LogP) is 4.20. The summed E-state index contributed by atoms with van der Waals surface area (Å²) in [5.41, 5.74) is 2.18. The number of nitrogens with zero attached hydrogens (tertiary/aromatic N) is 1. The average Bonchev–Trinajstić information content (AvgIpc) is 2.38. The molecule has 114 valence electrons. The van der Waals surface area contributed by atoms with Gasteiger partial charge in [0.25, 0.3) is 0 Å². The SMILES string of the molecule is CCCCCN(C)c1ccc(F)cc1CNCC(C)C. The van der Waals surface area contributed by atoms with E-state index in [0.717, 1.165) is 30.9 Å². The Hall–Kier alpha value is -1.09. The Kier molecular flexibility index (Phi) is 7.60. The maximum atomic E-state index is 13.5. The van der Waals surface area contributed by atoms with E-state index in [1.165, 1.54) is 19.3 Å². The van der Waals surface area contributed by atoms with Crippen molar-refractivity contribution < 1.29 is 4.39 Å². The van der Waals surface area contributed by atoms with Crippen LogP contribution in [0.1, 0.15) is 45.6 Å². The Morgan fingerprint density at radius 3 is 2.65 bits per heavy atom. The predicted molar refractivity (Wildman–Crippen MR) is 85.7 cm³/mol. The van der Waals surface area contributed by atoms with Crippen LogP contribution in [0.25, 0.3) is 0 Å². The van der Waals surface area contributed by atoms with Crippen LogP contribution in [0.15, 0.2) is 18.2 Å². The first-order valence-corrected chi connectivity index (χ1v) is 7.74. The van der Waals surface area contributed by atoms with Crippen LogP contribution in [-0.4, -0.2) is 20.1 Å². The summed E-state index contributed by atoms with van der Waals surface area (Å²) in [5.74, 6) is 0.450. The van der Waals surface area contributed by atoms with E-state index < -0.39 is 0 Å². The van der Waals surface area contributed by atoms with Crippen molar-refractivity contribution in [2.75, 3.05) is 25.0 Å². The molecule has 0 aliphatic rings. The number of rotatable bonds is 9. The van der Waals surface area contributed by atoms with Crippen LogP contribution in [-0.2, 0) is 6.54 Å². The molecule has 0 fully saturated rings. The van der Waals surface area contributed by atoms with Crippen LogP contribution in [0.4, 0.5) is 10.1 Å². The van der Waals surface area contributed by atoms with E-state index >= 15 is 0 Å². The molecule has 0 saturated carbocycles. The third-order valence-corrected chi connectivity index (χ3v) is 3.42. The molecule has 0 aliphatic carbocycles. The van der Waals surface area contributed by atoms with Crippen molar-refractivity contribution in [3.63, 3.8) is 0 Å². The Balaban J connectivity index is 2.68.